The molecular weight excluding hydrogens is 162 g/mol. The van der Waals surface area contributed by atoms with Gasteiger partial charge in [-0.1, -0.05) is 6.08 Å². The molecule has 2 aliphatic rings. The molecule has 2 rings (SSSR count). The van der Waals surface area contributed by atoms with Gasteiger partial charge in [-0.25, -0.2) is 0 Å². The first-order chi connectivity index (χ1) is 6.14. The Balaban J connectivity index is 2.09. The Labute approximate surface area is 80.2 Å². The van der Waals surface area contributed by atoms with Gasteiger partial charge in [0.2, 0.25) is 0 Å². The number of aliphatic hydroxyl groups is 1. The second kappa shape index (κ2) is 3.10. The summed E-state index contributed by atoms with van der Waals surface area (Å²) in [7, 11) is 2.19. The van der Waals surface area contributed by atoms with Gasteiger partial charge in [0, 0.05) is 12.1 Å². The maximum absolute atomic E-state index is 10.3. The zero-order valence-electron chi connectivity index (χ0n) is 8.37. The normalized spacial score (nSPS) is 45.1. The molecule has 2 aliphatic heterocycles. The van der Waals surface area contributed by atoms with Crippen molar-refractivity contribution >= 4 is 0 Å². The van der Waals surface area contributed by atoms with E-state index < -0.39 is 5.60 Å². The van der Waals surface area contributed by atoms with Crippen LogP contribution in [0.1, 0.15) is 32.1 Å². The molecule has 2 fully saturated rings. The third-order valence-electron chi connectivity index (χ3n) is 3.74. The first-order valence-corrected chi connectivity index (χ1v) is 5.20. The van der Waals surface area contributed by atoms with Crippen LogP contribution in [0, 0.1) is 0 Å². The Morgan fingerprint density at radius 3 is 2.46 bits per heavy atom. The van der Waals surface area contributed by atoms with Gasteiger partial charge in [0.1, 0.15) is 0 Å². The van der Waals surface area contributed by atoms with E-state index in [1.165, 1.54) is 12.8 Å². The molecule has 2 saturated heterocycles. The average Bonchev–Trinajstić information content (AvgIpc) is 2.34. The second-order valence-electron chi connectivity index (χ2n) is 4.68. The van der Waals surface area contributed by atoms with Crippen molar-refractivity contribution in [2.24, 2.45) is 0 Å². The van der Waals surface area contributed by atoms with Crippen molar-refractivity contribution in [3.8, 4) is 0 Å². The summed E-state index contributed by atoms with van der Waals surface area (Å²) in [6, 6.07) is 1.23. The standard InChI is InChI=1S/C11H19NO/c1-3-6-11(13)7-9-4-5-10(8-11)12(9)2/h3,9-10,13H,1,4-8H2,2H3/t9-,10+,11?. The van der Waals surface area contributed by atoms with Crippen molar-refractivity contribution in [1.29, 1.82) is 0 Å². The van der Waals surface area contributed by atoms with Crippen molar-refractivity contribution in [3.05, 3.63) is 12.7 Å². The molecule has 0 aromatic carbocycles. The molecule has 0 spiro atoms. The van der Waals surface area contributed by atoms with E-state index in [2.05, 4.69) is 18.5 Å². The average molecular weight is 181 g/mol. The summed E-state index contributed by atoms with van der Waals surface area (Å²) in [5.41, 5.74) is -0.444. The molecule has 0 aromatic rings. The van der Waals surface area contributed by atoms with Crippen LogP contribution in [0.15, 0.2) is 12.7 Å². The molecule has 1 N–H and O–H groups in total. The molecule has 74 valence electrons. The number of fused-ring (bicyclic) bond motifs is 2. The highest BCUT2D eigenvalue weighted by Crippen LogP contribution is 2.41. The molecule has 0 aliphatic carbocycles. The fourth-order valence-electron chi connectivity index (χ4n) is 2.98. The fraction of sp³-hybridized carbons (Fsp3) is 0.818. The SMILES string of the molecule is C=CCC1(O)C[C@H]2CC[C@@H](C1)N2C. The van der Waals surface area contributed by atoms with Crippen LogP contribution in [0.3, 0.4) is 0 Å². The minimum Gasteiger partial charge on any atom is -0.389 e. The molecule has 2 nitrogen and oxygen atoms in total. The van der Waals surface area contributed by atoms with Crippen molar-refractivity contribution in [2.75, 3.05) is 7.05 Å². The van der Waals surface area contributed by atoms with E-state index in [0.29, 0.717) is 12.1 Å². The molecule has 1 unspecified atom stereocenters. The van der Waals surface area contributed by atoms with Crippen LogP contribution in [0.5, 0.6) is 0 Å². The Bertz CT molecular complexity index is 200. The molecule has 2 heteroatoms. The minimum absolute atomic E-state index is 0.444. The summed E-state index contributed by atoms with van der Waals surface area (Å²) < 4.78 is 0. The van der Waals surface area contributed by atoms with Crippen molar-refractivity contribution in [2.45, 2.75) is 49.8 Å². The molecular formula is C11H19NO. The number of rotatable bonds is 2. The van der Waals surface area contributed by atoms with Gasteiger partial charge in [0.25, 0.3) is 0 Å². The van der Waals surface area contributed by atoms with Gasteiger partial charge in [-0.3, -0.25) is 0 Å². The smallest absolute Gasteiger partial charge is 0.0711 e. The van der Waals surface area contributed by atoms with Crippen LogP contribution in [-0.4, -0.2) is 34.7 Å². The van der Waals surface area contributed by atoms with E-state index in [9.17, 15) is 5.11 Å². The Morgan fingerprint density at radius 2 is 2.00 bits per heavy atom. The van der Waals surface area contributed by atoms with Gasteiger partial charge in [0.05, 0.1) is 5.60 Å². The number of piperidine rings is 1. The largest absolute Gasteiger partial charge is 0.389 e. The summed E-state index contributed by atoms with van der Waals surface area (Å²) >= 11 is 0. The van der Waals surface area contributed by atoms with Crippen LogP contribution in [-0.2, 0) is 0 Å². The van der Waals surface area contributed by atoms with Gasteiger partial charge in [-0.05, 0) is 39.2 Å². The molecule has 0 aromatic heterocycles. The van der Waals surface area contributed by atoms with Crippen LogP contribution in [0.25, 0.3) is 0 Å². The first kappa shape index (κ1) is 9.22. The summed E-state index contributed by atoms with van der Waals surface area (Å²) in [6.45, 7) is 3.72. The van der Waals surface area contributed by atoms with Gasteiger partial charge < -0.3 is 10.0 Å². The lowest BCUT2D eigenvalue weighted by molar-refractivity contribution is -0.0417. The number of hydrogen-bond acceptors (Lipinski definition) is 2. The van der Waals surface area contributed by atoms with Gasteiger partial charge in [0.15, 0.2) is 0 Å². The zero-order chi connectivity index (χ0) is 9.47. The maximum atomic E-state index is 10.3. The number of nitrogens with zero attached hydrogens (tertiary/aromatic N) is 1. The van der Waals surface area contributed by atoms with Gasteiger partial charge >= 0.3 is 0 Å². The molecule has 3 atom stereocenters. The predicted molar refractivity (Wildman–Crippen MR) is 53.6 cm³/mol. The maximum Gasteiger partial charge on any atom is 0.0711 e. The lowest BCUT2D eigenvalue weighted by Crippen LogP contribution is -2.48. The summed E-state index contributed by atoms with van der Waals surface area (Å²) in [6.07, 6.45) is 7.01. The monoisotopic (exact) mass is 181 g/mol. The predicted octanol–water partition coefficient (Wildman–Crippen LogP) is 1.55. The minimum atomic E-state index is -0.444. The van der Waals surface area contributed by atoms with Crippen molar-refractivity contribution in [1.82, 2.24) is 4.90 Å². The van der Waals surface area contributed by atoms with Crippen molar-refractivity contribution < 1.29 is 5.11 Å². The number of hydrogen-bond donors (Lipinski definition) is 1. The third-order valence-corrected chi connectivity index (χ3v) is 3.74. The van der Waals surface area contributed by atoms with E-state index in [1.54, 1.807) is 0 Å². The van der Waals surface area contributed by atoms with Crippen LogP contribution >= 0.6 is 0 Å². The summed E-state index contributed by atoms with van der Waals surface area (Å²) in [5.74, 6) is 0. The summed E-state index contributed by atoms with van der Waals surface area (Å²) in [4.78, 5) is 2.44. The van der Waals surface area contributed by atoms with E-state index >= 15 is 0 Å². The lowest BCUT2D eigenvalue weighted by atomic mass is 9.84. The molecule has 13 heavy (non-hydrogen) atoms. The first-order valence-electron chi connectivity index (χ1n) is 5.20. The van der Waals surface area contributed by atoms with Crippen LogP contribution in [0.4, 0.5) is 0 Å². The highest BCUT2D eigenvalue weighted by Gasteiger charge is 2.44. The van der Waals surface area contributed by atoms with Crippen LogP contribution in [0.2, 0.25) is 0 Å². The fourth-order valence-corrected chi connectivity index (χ4v) is 2.98. The van der Waals surface area contributed by atoms with E-state index in [0.717, 1.165) is 19.3 Å². The van der Waals surface area contributed by atoms with Crippen molar-refractivity contribution in [3.63, 3.8) is 0 Å². The zero-order valence-corrected chi connectivity index (χ0v) is 8.37. The molecule has 2 heterocycles. The Morgan fingerprint density at radius 1 is 1.46 bits per heavy atom. The van der Waals surface area contributed by atoms with E-state index in [1.807, 2.05) is 6.08 Å². The topological polar surface area (TPSA) is 23.5 Å². The molecule has 0 amide bonds. The Kier molecular flexibility index (Phi) is 2.20. The highest BCUT2D eigenvalue weighted by molar-refractivity contribution is 5.02. The van der Waals surface area contributed by atoms with E-state index in [-0.39, 0.29) is 0 Å². The molecule has 0 saturated carbocycles. The molecule has 2 bridgehead atoms. The summed E-state index contributed by atoms with van der Waals surface area (Å²) in [5, 5.41) is 10.3. The second-order valence-corrected chi connectivity index (χ2v) is 4.68. The van der Waals surface area contributed by atoms with Gasteiger partial charge in [-0.15, -0.1) is 6.58 Å². The molecule has 0 radical (unpaired) electrons. The van der Waals surface area contributed by atoms with Crippen LogP contribution < -0.4 is 0 Å². The van der Waals surface area contributed by atoms with Gasteiger partial charge in [-0.2, -0.15) is 0 Å². The highest BCUT2D eigenvalue weighted by atomic mass is 16.3. The van der Waals surface area contributed by atoms with E-state index in [4.69, 9.17) is 0 Å². The lowest BCUT2D eigenvalue weighted by Gasteiger charge is -2.41. The quantitative estimate of drug-likeness (QED) is 0.653. The Hall–Kier alpha value is -0.340. The third kappa shape index (κ3) is 1.53.